The van der Waals surface area contributed by atoms with Gasteiger partial charge in [-0.15, -0.1) is 0 Å². The SMILES string of the molecule is COCC(=O)N1C[C@H](C)[C@H](OC)CN(C)C(=O)c2cc(NC(=O)C3CCC3)ccc2OC[C@H]1C. The van der Waals surface area contributed by atoms with Crippen molar-refractivity contribution >= 4 is 23.4 Å². The Morgan fingerprint density at radius 2 is 1.91 bits per heavy atom. The predicted molar refractivity (Wildman–Crippen MR) is 128 cm³/mol. The van der Waals surface area contributed by atoms with Crippen molar-refractivity contribution in [2.75, 3.05) is 52.9 Å². The lowest BCUT2D eigenvalue weighted by molar-refractivity contribution is -0.139. The van der Waals surface area contributed by atoms with E-state index in [1.165, 1.54) is 7.11 Å². The molecule has 0 spiro atoms. The lowest BCUT2D eigenvalue weighted by Crippen LogP contribution is -2.49. The Morgan fingerprint density at radius 3 is 2.53 bits per heavy atom. The Bertz CT molecular complexity index is 887. The topological polar surface area (TPSA) is 97.4 Å². The molecule has 1 fully saturated rings. The molecule has 0 unspecified atom stereocenters. The van der Waals surface area contributed by atoms with Gasteiger partial charge in [0, 0.05) is 51.9 Å². The van der Waals surface area contributed by atoms with Crippen molar-refractivity contribution in [2.45, 2.75) is 45.3 Å². The number of rotatable bonds is 5. The van der Waals surface area contributed by atoms with Crippen LogP contribution in [0.5, 0.6) is 5.75 Å². The van der Waals surface area contributed by atoms with E-state index in [2.05, 4.69) is 5.32 Å². The quantitative estimate of drug-likeness (QED) is 0.703. The Morgan fingerprint density at radius 1 is 1.18 bits per heavy atom. The predicted octanol–water partition coefficient (Wildman–Crippen LogP) is 2.40. The average Bonchev–Trinajstić information content (AvgIpc) is 2.77. The lowest BCUT2D eigenvalue weighted by Gasteiger charge is -2.36. The molecule has 1 aromatic carbocycles. The number of hydrogen-bond donors (Lipinski definition) is 1. The van der Waals surface area contributed by atoms with Crippen LogP contribution in [0.25, 0.3) is 0 Å². The molecule has 34 heavy (non-hydrogen) atoms. The molecule has 1 aliphatic heterocycles. The molecule has 1 saturated carbocycles. The van der Waals surface area contributed by atoms with Gasteiger partial charge < -0.3 is 29.3 Å². The van der Waals surface area contributed by atoms with Gasteiger partial charge in [-0.1, -0.05) is 13.3 Å². The third-order valence-electron chi connectivity index (χ3n) is 6.78. The monoisotopic (exact) mass is 475 g/mol. The van der Waals surface area contributed by atoms with Crippen molar-refractivity contribution in [3.05, 3.63) is 23.8 Å². The normalized spacial score (nSPS) is 24.3. The highest BCUT2D eigenvalue weighted by Gasteiger charge is 2.31. The summed E-state index contributed by atoms with van der Waals surface area (Å²) in [5.41, 5.74) is 0.925. The van der Waals surface area contributed by atoms with E-state index in [4.69, 9.17) is 14.2 Å². The van der Waals surface area contributed by atoms with Gasteiger partial charge >= 0.3 is 0 Å². The van der Waals surface area contributed by atoms with Crippen molar-refractivity contribution in [1.82, 2.24) is 9.80 Å². The van der Waals surface area contributed by atoms with Crippen LogP contribution < -0.4 is 10.1 Å². The van der Waals surface area contributed by atoms with E-state index in [1.54, 1.807) is 42.2 Å². The Balaban J connectivity index is 1.91. The van der Waals surface area contributed by atoms with Gasteiger partial charge in [0.15, 0.2) is 0 Å². The second kappa shape index (κ2) is 11.7. The van der Waals surface area contributed by atoms with Crippen LogP contribution in [0.15, 0.2) is 18.2 Å². The van der Waals surface area contributed by atoms with Crippen molar-refractivity contribution in [3.8, 4) is 5.75 Å². The molecular weight excluding hydrogens is 438 g/mol. The summed E-state index contributed by atoms with van der Waals surface area (Å²) in [6.07, 6.45) is 2.59. The van der Waals surface area contributed by atoms with E-state index in [9.17, 15) is 14.4 Å². The first-order valence-corrected chi connectivity index (χ1v) is 11.9. The molecule has 1 aromatic rings. The fourth-order valence-electron chi connectivity index (χ4n) is 4.32. The number of hydrogen-bond acceptors (Lipinski definition) is 6. The molecule has 1 aliphatic carbocycles. The summed E-state index contributed by atoms with van der Waals surface area (Å²) >= 11 is 0. The number of methoxy groups -OCH3 is 2. The maximum Gasteiger partial charge on any atom is 0.257 e. The average molecular weight is 476 g/mol. The third kappa shape index (κ3) is 6.07. The number of amides is 3. The van der Waals surface area contributed by atoms with E-state index >= 15 is 0 Å². The van der Waals surface area contributed by atoms with Crippen molar-refractivity contribution < 1.29 is 28.6 Å². The van der Waals surface area contributed by atoms with Crippen molar-refractivity contribution in [2.24, 2.45) is 11.8 Å². The number of fused-ring (bicyclic) bond motifs is 1. The number of carbonyl (C=O) groups excluding carboxylic acids is 3. The zero-order chi connectivity index (χ0) is 24.8. The number of likely N-dealkylation sites (N-methyl/N-ethyl adjacent to an activating group) is 1. The smallest absolute Gasteiger partial charge is 0.257 e. The molecule has 1 N–H and O–H groups in total. The van der Waals surface area contributed by atoms with Gasteiger partial charge in [-0.05, 0) is 38.0 Å². The van der Waals surface area contributed by atoms with E-state index in [1.807, 2.05) is 13.8 Å². The molecule has 2 aliphatic rings. The fraction of sp³-hybridized carbons (Fsp3) is 0.640. The zero-order valence-electron chi connectivity index (χ0n) is 20.8. The minimum atomic E-state index is -0.274. The molecular formula is C25H37N3O6. The molecule has 0 aromatic heterocycles. The second-order valence-corrected chi connectivity index (χ2v) is 9.40. The van der Waals surface area contributed by atoms with Crippen LogP contribution in [0.1, 0.15) is 43.5 Å². The largest absolute Gasteiger partial charge is 0.491 e. The van der Waals surface area contributed by atoms with E-state index < -0.39 is 0 Å². The summed E-state index contributed by atoms with van der Waals surface area (Å²) in [7, 11) is 4.82. The molecule has 0 saturated heterocycles. The highest BCUT2D eigenvalue weighted by atomic mass is 16.5. The molecule has 3 atom stereocenters. The summed E-state index contributed by atoms with van der Waals surface area (Å²) < 4.78 is 16.8. The number of benzene rings is 1. The molecule has 1 heterocycles. The number of ether oxygens (including phenoxy) is 3. The van der Waals surface area contributed by atoms with E-state index in [0.29, 0.717) is 30.1 Å². The Hall–Kier alpha value is -2.65. The zero-order valence-corrected chi connectivity index (χ0v) is 20.8. The Labute approximate surface area is 201 Å². The summed E-state index contributed by atoms with van der Waals surface area (Å²) in [4.78, 5) is 41.9. The van der Waals surface area contributed by atoms with Crippen LogP contribution in [0, 0.1) is 11.8 Å². The van der Waals surface area contributed by atoms with Crippen molar-refractivity contribution in [3.63, 3.8) is 0 Å². The molecule has 0 bridgehead atoms. The van der Waals surface area contributed by atoms with Gasteiger partial charge in [-0.2, -0.15) is 0 Å². The van der Waals surface area contributed by atoms with Crippen LogP contribution in [-0.4, -0.2) is 87.2 Å². The summed E-state index contributed by atoms with van der Waals surface area (Å²) in [6.45, 7) is 4.89. The highest BCUT2D eigenvalue weighted by molar-refractivity contribution is 6.00. The van der Waals surface area contributed by atoms with Crippen LogP contribution in [0.3, 0.4) is 0 Å². The van der Waals surface area contributed by atoms with Crippen LogP contribution >= 0.6 is 0 Å². The number of nitrogens with one attached hydrogen (secondary N) is 1. The van der Waals surface area contributed by atoms with Gasteiger partial charge in [0.1, 0.15) is 19.0 Å². The standard InChI is InChI=1S/C25H37N3O6/c1-16-12-28(23(29)15-32-4)17(2)14-34-21-10-9-19(26-24(30)18-7-6-8-18)11-20(21)25(31)27(3)13-22(16)33-5/h9-11,16-18,22H,6-8,12-15H2,1-5H3,(H,26,30)/t16-,17+,22+/m0/s1. The minimum absolute atomic E-state index is 0.0183. The molecule has 9 nitrogen and oxygen atoms in total. The van der Waals surface area contributed by atoms with Crippen LogP contribution in [-0.2, 0) is 19.1 Å². The third-order valence-corrected chi connectivity index (χ3v) is 6.78. The summed E-state index contributed by atoms with van der Waals surface area (Å²) in [6, 6.07) is 4.86. The maximum absolute atomic E-state index is 13.4. The van der Waals surface area contributed by atoms with Gasteiger partial charge in [-0.3, -0.25) is 14.4 Å². The lowest BCUT2D eigenvalue weighted by atomic mass is 9.85. The molecule has 0 radical (unpaired) electrons. The van der Waals surface area contributed by atoms with Gasteiger partial charge in [-0.25, -0.2) is 0 Å². The van der Waals surface area contributed by atoms with Crippen molar-refractivity contribution in [1.29, 1.82) is 0 Å². The fourth-order valence-corrected chi connectivity index (χ4v) is 4.32. The van der Waals surface area contributed by atoms with E-state index in [-0.39, 0.29) is 54.9 Å². The molecule has 3 amide bonds. The first kappa shape index (κ1) is 26.0. The van der Waals surface area contributed by atoms with Crippen LogP contribution in [0.4, 0.5) is 5.69 Å². The van der Waals surface area contributed by atoms with Gasteiger partial charge in [0.25, 0.3) is 5.91 Å². The molecule has 188 valence electrons. The first-order chi connectivity index (χ1) is 16.2. The van der Waals surface area contributed by atoms with Gasteiger partial charge in [0.05, 0.1) is 17.7 Å². The first-order valence-electron chi connectivity index (χ1n) is 11.9. The molecule has 3 rings (SSSR count). The van der Waals surface area contributed by atoms with Gasteiger partial charge in [0.2, 0.25) is 11.8 Å². The summed E-state index contributed by atoms with van der Waals surface area (Å²) in [5.74, 6) is 0.0504. The van der Waals surface area contributed by atoms with Crippen LogP contribution in [0.2, 0.25) is 0 Å². The minimum Gasteiger partial charge on any atom is -0.491 e. The maximum atomic E-state index is 13.4. The Kier molecular flexibility index (Phi) is 8.90. The summed E-state index contributed by atoms with van der Waals surface area (Å²) in [5, 5.41) is 2.93. The number of anilines is 1. The number of carbonyl (C=O) groups is 3. The van der Waals surface area contributed by atoms with E-state index in [0.717, 1.165) is 19.3 Å². The molecule has 9 heteroatoms. The highest BCUT2D eigenvalue weighted by Crippen LogP contribution is 2.30. The second-order valence-electron chi connectivity index (χ2n) is 9.40. The number of nitrogens with zero attached hydrogens (tertiary/aromatic N) is 2.